The monoisotopic (exact) mass is 421 g/mol. The minimum Gasteiger partial charge on any atom is -0.394 e. The van der Waals surface area contributed by atoms with Gasteiger partial charge in [0.05, 0.1) is 19.2 Å². The van der Waals surface area contributed by atoms with Crippen LogP contribution in [-0.4, -0.2) is 64.3 Å². The van der Waals surface area contributed by atoms with E-state index in [0.717, 1.165) is 12.0 Å². The van der Waals surface area contributed by atoms with E-state index in [1.54, 1.807) is 17.3 Å². The average Bonchev–Trinajstić information content (AvgIpc) is 3.33. The molecular weight excluding hydrogens is 394 g/mol. The lowest BCUT2D eigenvalue weighted by atomic mass is 9.94. The maximum atomic E-state index is 13.2. The zero-order valence-corrected chi connectivity index (χ0v) is 17.3. The Balaban J connectivity index is 1.39. The summed E-state index contributed by atoms with van der Waals surface area (Å²) in [5.74, 6) is 0.864. The molecule has 1 aromatic heterocycles. The molecule has 9 nitrogen and oxygen atoms in total. The summed E-state index contributed by atoms with van der Waals surface area (Å²) >= 11 is 0. The predicted octanol–water partition coefficient (Wildman–Crippen LogP) is 1.35. The number of carbonyl (C=O) groups is 1. The molecule has 0 bridgehead atoms. The SMILES string of the molecule is NC(=NCCO)c1ccnc(N2CCC(C(=O)N3N=CCC3c3ccccc3)CC2)n1. The van der Waals surface area contributed by atoms with Gasteiger partial charge in [-0.25, -0.2) is 15.0 Å². The van der Waals surface area contributed by atoms with E-state index in [4.69, 9.17) is 10.8 Å². The number of benzene rings is 1. The standard InChI is InChI=1S/C22H27N7O2/c23-20(24-12-15-30)18-6-10-25-22(27-18)28-13-8-17(9-14-28)21(31)29-19(7-11-26-29)16-4-2-1-3-5-16/h1-6,10-11,17,19,30H,7-9,12-15H2,(H2,23,24). The molecule has 1 fully saturated rings. The molecule has 3 N–H and O–H groups in total. The van der Waals surface area contributed by atoms with Crippen molar-refractivity contribution in [1.82, 2.24) is 15.0 Å². The van der Waals surface area contributed by atoms with E-state index in [-0.39, 0.29) is 36.9 Å². The Hall–Kier alpha value is -3.33. The van der Waals surface area contributed by atoms with Crippen molar-refractivity contribution in [3.05, 3.63) is 53.9 Å². The summed E-state index contributed by atoms with van der Waals surface area (Å²) in [7, 11) is 0. The van der Waals surface area contributed by atoms with Crippen molar-refractivity contribution in [3.8, 4) is 0 Å². The minimum absolute atomic E-state index is 0.0204. The fraction of sp³-hybridized carbons (Fsp3) is 0.409. The second kappa shape index (κ2) is 9.65. The molecule has 0 saturated carbocycles. The Morgan fingerprint density at radius 1 is 1.19 bits per heavy atom. The van der Waals surface area contributed by atoms with Gasteiger partial charge in [0.2, 0.25) is 11.9 Å². The van der Waals surface area contributed by atoms with Gasteiger partial charge in [-0.05, 0) is 24.5 Å². The van der Waals surface area contributed by atoms with Gasteiger partial charge in [-0.3, -0.25) is 9.79 Å². The van der Waals surface area contributed by atoms with Crippen molar-refractivity contribution in [2.24, 2.45) is 21.7 Å². The molecule has 1 aromatic carbocycles. The molecule has 0 spiro atoms. The Bertz CT molecular complexity index is 955. The summed E-state index contributed by atoms with van der Waals surface area (Å²) in [4.78, 5) is 28.2. The number of aliphatic hydroxyl groups is 1. The highest BCUT2D eigenvalue weighted by atomic mass is 16.3. The number of amides is 1. The summed E-state index contributed by atoms with van der Waals surface area (Å²) in [5, 5.41) is 14.9. The first-order valence-electron chi connectivity index (χ1n) is 10.6. The molecule has 2 aromatic rings. The molecule has 1 unspecified atom stereocenters. The van der Waals surface area contributed by atoms with E-state index in [9.17, 15) is 4.79 Å². The molecule has 1 saturated heterocycles. The van der Waals surface area contributed by atoms with Gasteiger partial charge in [-0.15, -0.1) is 0 Å². The highest BCUT2D eigenvalue weighted by molar-refractivity contribution is 5.95. The number of piperidine rings is 1. The lowest BCUT2D eigenvalue weighted by Gasteiger charge is -2.33. The van der Waals surface area contributed by atoms with Crippen LogP contribution < -0.4 is 10.6 Å². The molecule has 1 amide bonds. The number of nitrogens with two attached hydrogens (primary N) is 1. The molecule has 4 rings (SSSR count). The van der Waals surface area contributed by atoms with E-state index in [2.05, 4.69) is 25.0 Å². The highest BCUT2D eigenvalue weighted by Crippen LogP contribution is 2.32. The fourth-order valence-corrected chi connectivity index (χ4v) is 3.99. The Labute approximate surface area is 181 Å². The van der Waals surface area contributed by atoms with Crippen molar-refractivity contribution in [1.29, 1.82) is 0 Å². The van der Waals surface area contributed by atoms with Crippen LogP contribution >= 0.6 is 0 Å². The Morgan fingerprint density at radius 2 is 1.97 bits per heavy atom. The zero-order chi connectivity index (χ0) is 21.6. The molecule has 0 radical (unpaired) electrons. The molecule has 162 valence electrons. The molecule has 2 aliphatic rings. The lowest BCUT2D eigenvalue weighted by molar-refractivity contribution is -0.138. The first kappa shape index (κ1) is 20.9. The smallest absolute Gasteiger partial charge is 0.246 e. The van der Waals surface area contributed by atoms with Crippen molar-refractivity contribution in [3.63, 3.8) is 0 Å². The summed E-state index contributed by atoms with van der Waals surface area (Å²) in [6, 6.07) is 11.7. The topological polar surface area (TPSA) is 120 Å². The molecule has 1 atom stereocenters. The Morgan fingerprint density at radius 3 is 2.71 bits per heavy atom. The van der Waals surface area contributed by atoms with Gasteiger partial charge in [0, 0.05) is 37.8 Å². The molecule has 9 heteroatoms. The van der Waals surface area contributed by atoms with Crippen molar-refractivity contribution >= 4 is 23.9 Å². The zero-order valence-electron chi connectivity index (χ0n) is 17.3. The second-order valence-electron chi connectivity index (χ2n) is 7.64. The number of rotatable bonds is 6. The van der Waals surface area contributed by atoms with E-state index in [1.165, 1.54) is 0 Å². The maximum Gasteiger partial charge on any atom is 0.246 e. The van der Waals surface area contributed by atoms with Crippen LogP contribution in [0.5, 0.6) is 0 Å². The van der Waals surface area contributed by atoms with Gasteiger partial charge < -0.3 is 15.7 Å². The average molecular weight is 422 g/mol. The summed E-state index contributed by atoms with van der Waals surface area (Å²) in [6.07, 6.45) is 5.66. The second-order valence-corrected chi connectivity index (χ2v) is 7.64. The number of anilines is 1. The third-order valence-corrected chi connectivity index (χ3v) is 5.65. The van der Waals surface area contributed by atoms with E-state index in [1.807, 2.05) is 36.5 Å². The number of aliphatic hydroxyl groups excluding tert-OH is 1. The van der Waals surface area contributed by atoms with Gasteiger partial charge in [0.15, 0.2) is 0 Å². The van der Waals surface area contributed by atoms with E-state index in [0.29, 0.717) is 37.6 Å². The number of hydrogen-bond acceptors (Lipinski definition) is 7. The number of hydrogen-bond donors (Lipinski definition) is 2. The van der Waals surface area contributed by atoms with Crippen LogP contribution in [0.3, 0.4) is 0 Å². The quantitative estimate of drug-likeness (QED) is 0.537. The van der Waals surface area contributed by atoms with Gasteiger partial charge in [-0.1, -0.05) is 30.3 Å². The third-order valence-electron chi connectivity index (χ3n) is 5.65. The van der Waals surface area contributed by atoms with E-state index >= 15 is 0 Å². The number of carbonyl (C=O) groups excluding carboxylic acids is 1. The first-order chi connectivity index (χ1) is 15.2. The van der Waals surface area contributed by atoms with Gasteiger partial charge >= 0.3 is 0 Å². The molecular formula is C22H27N7O2. The van der Waals surface area contributed by atoms with Crippen LogP contribution in [-0.2, 0) is 4.79 Å². The van der Waals surface area contributed by atoms with Crippen LogP contribution in [0.4, 0.5) is 5.95 Å². The summed E-state index contributed by atoms with van der Waals surface area (Å²) in [5.41, 5.74) is 7.58. The third kappa shape index (κ3) is 4.72. The van der Waals surface area contributed by atoms with Crippen molar-refractivity contribution < 1.29 is 9.90 Å². The fourth-order valence-electron chi connectivity index (χ4n) is 3.99. The highest BCUT2D eigenvalue weighted by Gasteiger charge is 2.35. The van der Waals surface area contributed by atoms with Crippen LogP contribution in [0.15, 0.2) is 52.7 Å². The molecule has 0 aliphatic carbocycles. The number of aliphatic imine (C=N–C) groups is 1. The summed E-state index contributed by atoms with van der Waals surface area (Å²) < 4.78 is 0. The van der Waals surface area contributed by atoms with Gasteiger partial charge in [0.1, 0.15) is 11.5 Å². The van der Waals surface area contributed by atoms with Crippen LogP contribution in [0, 0.1) is 5.92 Å². The predicted molar refractivity (Wildman–Crippen MR) is 119 cm³/mol. The van der Waals surface area contributed by atoms with Crippen molar-refractivity contribution in [2.45, 2.75) is 25.3 Å². The molecule has 31 heavy (non-hydrogen) atoms. The van der Waals surface area contributed by atoms with Crippen LogP contribution in [0.2, 0.25) is 0 Å². The largest absolute Gasteiger partial charge is 0.394 e. The maximum absolute atomic E-state index is 13.2. The van der Waals surface area contributed by atoms with Crippen LogP contribution in [0.25, 0.3) is 0 Å². The normalized spacial score (nSPS) is 19.8. The van der Waals surface area contributed by atoms with Crippen LogP contribution in [0.1, 0.15) is 36.6 Å². The Kier molecular flexibility index (Phi) is 6.51. The number of nitrogens with zero attached hydrogens (tertiary/aromatic N) is 6. The minimum atomic E-state index is -0.0721. The lowest BCUT2D eigenvalue weighted by Crippen LogP contribution is -2.41. The molecule has 3 heterocycles. The summed E-state index contributed by atoms with van der Waals surface area (Å²) in [6.45, 7) is 1.54. The van der Waals surface area contributed by atoms with E-state index < -0.39 is 0 Å². The first-order valence-corrected chi connectivity index (χ1v) is 10.6. The molecule has 2 aliphatic heterocycles. The number of aromatic nitrogens is 2. The van der Waals surface area contributed by atoms with Gasteiger partial charge in [0.25, 0.3) is 0 Å². The van der Waals surface area contributed by atoms with Crippen molar-refractivity contribution in [2.75, 3.05) is 31.1 Å². The number of hydrazone groups is 1. The number of amidine groups is 1. The van der Waals surface area contributed by atoms with Gasteiger partial charge in [-0.2, -0.15) is 5.10 Å².